The van der Waals surface area contributed by atoms with Crippen molar-refractivity contribution in [3.05, 3.63) is 17.0 Å². The lowest BCUT2D eigenvalue weighted by atomic mass is 9.87. The number of hydrogen-bond acceptors (Lipinski definition) is 2. The minimum atomic E-state index is 0.660. The predicted octanol–water partition coefficient (Wildman–Crippen LogP) is 5.54. The van der Waals surface area contributed by atoms with Gasteiger partial charge in [0.05, 0.1) is 5.69 Å². The van der Waals surface area contributed by atoms with E-state index in [0.29, 0.717) is 5.92 Å². The summed E-state index contributed by atoms with van der Waals surface area (Å²) in [5.74, 6) is 1.69. The maximum atomic E-state index is 5.33. The highest BCUT2D eigenvalue weighted by Crippen LogP contribution is 2.32. The van der Waals surface area contributed by atoms with Gasteiger partial charge in [0.15, 0.2) is 0 Å². The Morgan fingerprint density at radius 2 is 1.61 bits per heavy atom. The van der Waals surface area contributed by atoms with Gasteiger partial charge in [-0.3, -0.25) is 0 Å². The van der Waals surface area contributed by atoms with Gasteiger partial charge in [-0.1, -0.05) is 57.5 Å². The SMILES string of the molecule is CCCCCCC(CCCC)c1c(C)noc1C. The second-order valence-corrected chi connectivity index (χ2v) is 5.43. The van der Waals surface area contributed by atoms with E-state index in [1.54, 1.807) is 0 Å². The van der Waals surface area contributed by atoms with Gasteiger partial charge in [0.25, 0.3) is 0 Å². The topological polar surface area (TPSA) is 26.0 Å². The van der Waals surface area contributed by atoms with Gasteiger partial charge in [0, 0.05) is 5.56 Å². The molecule has 0 N–H and O–H groups in total. The maximum absolute atomic E-state index is 5.33. The monoisotopic (exact) mass is 251 g/mol. The quantitative estimate of drug-likeness (QED) is 0.539. The molecule has 1 heterocycles. The molecule has 1 atom stereocenters. The smallest absolute Gasteiger partial charge is 0.137 e. The fourth-order valence-electron chi connectivity index (χ4n) is 2.77. The molecule has 1 aromatic rings. The Morgan fingerprint density at radius 1 is 0.944 bits per heavy atom. The largest absolute Gasteiger partial charge is 0.361 e. The van der Waals surface area contributed by atoms with Crippen molar-refractivity contribution >= 4 is 0 Å². The minimum absolute atomic E-state index is 0.660. The van der Waals surface area contributed by atoms with Gasteiger partial charge in [-0.05, 0) is 32.6 Å². The van der Waals surface area contributed by atoms with Crippen LogP contribution in [0.5, 0.6) is 0 Å². The molecular weight excluding hydrogens is 222 g/mol. The fourth-order valence-corrected chi connectivity index (χ4v) is 2.77. The summed E-state index contributed by atoms with van der Waals surface area (Å²) in [4.78, 5) is 0. The van der Waals surface area contributed by atoms with Gasteiger partial charge in [0.2, 0.25) is 0 Å². The summed E-state index contributed by atoms with van der Waals surface area (Å²) >= 11 is 0. The van der Waals surface area contributed by atoms with Crippen molar-refractivity contribution in [1.29, 1.82) is 0 Å². The number of unbranched alkanes of at least 4 members (excludes halogenated alkanes) is 4. The number of hydrogen-bond donors (Lipinski definition) is 0. The standard InChI is InChI=1S/C16H29NO/c1-5-7-9-10-12-15(11-8-6-2)16-13(3)17-18-14(16)4/h15H,5-12H2,1-4H3. The Hall–Kier alpha value is -0.790. The fraction of sp³-hybridized carbons (Fsp3) is 0.812. The van der Waals surface area contributed by atoms with Gasteiger partial charge in [-0.2, -0.15) is 0 Å². The molecule has 0 aromatic carbocycles. The summed E-state index contributed by atoms with van der Waals surface area (Å²) in [5, 5.41) is 4.11. The summed E-state index contributed by atoms with van der Waals surface area (Å²) in [6.45, 7) is 8.67. The zero-order valence-electron chi connectivity index (χ0n) is 12.6. The molecular formula is C16H29NO. The first-order chi connectivity index (χ1) is 8.70. The normalized spacial score (nSPS) is 12.9. The second kappa shape index (κ2) is 8.34. The molecule has 104 valence electrons. The molecule has 0 bridgehead atoms. The summed E-state index contributed by atoms with van der Waals surface area (Å²) in [5.41, 5.74) is 2.49. The Bertz CT molecular complexity index is 310. The molecule has 1 unspecified atom stereocenters. The highest BCUT2D eigenvalue weighted by Gasteiger charge is 2.19. The molecule has 0 aliphatic carbocycles. The van der Waals surface area contributed by atoms with Crippen molar-refractivity contribution in [3.8, 4) is 0 Å². The van der Waals surface area contributed by atoms with Gasteiger partial charge in [-0.15, -0.1) is 0 Å². The van der Waals surface area contributed by atoms with Crippen LogP contribution in [0.15, 0.2) is 4.52 Å². The molecule has 0 fully saturated rings. The molecule has 0 amide bonds. The first-order valence-corrected chi connectivity index (χ1v) is 7.63. The van der Waals surface area contributed by atoms with E-state index in [1.807, 2.05) is 0 Å². The van der Waals surface area contributed by atoms with E-state index in [1.165, 1.54) is 56.9 Å². The van der Waals surface area contributed by atoms with Gasteiger partial charge in [-0.25, -0.2) is 0 Å². The number of nitrogens with zero attached hydrogens (tertiary/aromatic N) is 1. The Morgan fingerprint density at radius 3 is 2.17 bits per heavy atom. The Balaban J connectivity index is 2.60. The van der Waals surface area contributed by atoms with Crippen LogP contribution in [0.2, 0.25) is 0 Å². The molecule has 0 aliphatic rings. The van der Waals surface area contributed by atoms with E-state index >= 15 is 0 Å². The van der Waals surface area contributed by atoms with Crippen LogP contribution in [-0.2, 0) is 0 Å². The number of aromatic nitrogens is 1. The molecule has 18 heavy (non-hydrogen) atoms. The average Bonchev–Trinajstić information content (AvgIpc) is 2.69. The van der Waals surface area contributed by atoms with Crippen molar-refractivity contribution in [1.82, 2.24) is 5.16 Å². The van der Waals surface area contributed by atoms with Crippen LogP contribution in [0.1, 0.15) is 88.1 Å². The third kappa shape index (κ3) is 4.47. The predicted molar refractivity (Wildman–Crippen MR) is 77.0 cm³/mol. The highest BCUT2D eigenvalue weighted by atomic mass is 16.5. The lowest BCUT2D eigenvalue weighted by molar-refractivity contribution is 0.390. The molecule has 1 aromatic heterocycles. The van der Waals surface area contributed by atoms with Crippen molar-refractivity contribution in [2.45, 2.75) is 85.0 Å². The lowest BCUT2D eigenvalue weighted by Crippen LogP contribution is -2.02. The first-order valence-electron chi connectivity index (χ1n) is 7.63. The summed E-state index contributed by atoms with van der Waals surface area (Å²) < 4.78 is 5.33. The lowest BCUT2D eigenvalue weighted by Gasteiger charge is -2.16. The summed E-state index contributed by atoms with van der Waals surface area (Å²) in [6, 6.07) is 0. The Labute approximate surface area is 112 Å². The molecule has 0 saturated heterocycles. The molecule has 0 spiro atoms. The average molecular weight is 251 g/mol. The Kier molecular flexibility index (Phi) is 7.07. The van der Waals surface area contributed by atoms with Crippen LogP contribution in [0.4, 0.5) is 0 Å². The highest BCUT2D eigenvalue weighted by molar-refractivity contribution is 5.25. The molecule has 2 nitrogen and oxygen atoms in total. The molecule has 0 aliphatic heterocycles. The third-order valence-corrected chi connectivity index (χ3v) is 3.81. The minimum Gasteiger partial charge on any atom is -0.361 e. The van der Waals surface area contributed by atoms with Crippen LogP contribution >= 0.6 is 0 Å². The van der Waals surface area contributed by atoms with Crippen LogP contribution < -0.4 is 0 Å². The summed E-state index contributed by atoms with van der Waals surface area (Å²) in [7, 11) is 0. The summed E-state index contributed by atoms with van der Waals surface area (Å²) in [6.07, 6.45) is 10.5. The van der Waals surface area contributed by atoms with Crippen molar-refractivity contribution in [3.63, 3.8) is 0 Å². The van der Waals surface area contributed by atoms with Crippen LogP contribution in [0, 0.1) is 13.8 Å². The molecule has 2 heteroatoms. The van der Waals surface area contributed by atoms with Crippen molar-refractivity contribution < 1.29 is 4.52 Å². The van der Waals surface area contributed by atoms with E-state index in [-0.39, 0.29) is 0 Å². The third-order valence-electron chi connectivity index (χ3n) is 3.81. The van der Waals surface area contributed by atoms with Gasteiger partial charge >= 0.3 is 0 Å². The van der Waals surface area contributed by atoms with E-state index < -0.39 is 0 Å². The van der Waals surface area contributed by atoms with Crippen LogP contribution in [0.3, 0.4) is 0 Å². The van der Waals surface area contributed by atoms with E-state index in [2.05, 4.69) is 32.9 Å². The number of aryl methyl sites for hydroxylation is 2. The van der Waals surface area contributed by atoms with Crippen LogP contribution in [0.25, 0.3) is 0 Å². The van der Waals surface area contributed by atoms with E-state index in [0.717, 1.165) is 11.5 Å². The molecule has 0 radical (unpaired) electrons. The van der Waals surface area contributed by atoms with Gasteiger partial charge < -0.3 is 4.52 Å². The molecule has 0 saturated carbocycles. The number of rotatable bonds is 9. The molecule has 1 rings (SSSR count). The first kappa shape index (κ1) is 15.3. The van der Waals surface area contributed by atoms with Crippen molar-refractivity contribution in [2.75, 3.05) is 0 Å². The van der Waals surface area contributed by atoms with E-state index in [9.17, 15) is 0 Å². The second-order valence-electron chi connectivity index (χ2n) is 5.43. The zero-order valence-corrected chi connectivity index (χ0v) is 12.6. The van der Waals surface area contributed by atoms with Crippen LogP contribution in [-0.4, -0.2) is 5.16 Å². The van der Waals surface area contributed by atoms with Gasteiger partial charge in [0.1, 0.15) is 5.76 Å². The maximum Gasteiger partial charge on any atom is 0.137 e. The zero-order chi connectivity index (χ0) is 13.4. The van der Waals surface area contributed by atoms with E-state index in [4.69, 9.17) is 4.52 Å². The van der Waals surface area contributed by atoms with Crippen molar-refractivity contribution in [2.24, 2.45) is 0 Å².